The minimum absolute atomic E-state index is 0.122. The van der Waals surface area contributed by atoms with Crippen molar-refractivity contribution in [3.63, 3.8) is 0 Å². The van der Waals surface area contributed by atoms with E-state index >= 15 is 0 Å². The lowest BCUT2D eigenvalue weighted by Gasteiger charge is -2.05. The van der Waals surface area contributed by atoms with Crippen molar-refractivity contribution in [1.29, 1.82) is 0 Å². The van der Waals surface area contributed by atoms with E-state index in [1.54, 1.807) is 6.07 Å². The van der Waals surface area contributed by atoms with E-state index in [1.165, 1.54) is 6.07 Å². The maximum absolute atomic E-state index is 13.5. The number of hydrogen-bond acceptors (Lipinski definition) is 2. The zero-order valence-corrected chi connectivity index (χ0v) is 9.71. The molecule has 0 fully saturated rings. The molecule has 2 rings (SSSR count). The lowest BCUT2D eigenvalue weighted by atomic mass is 10.1. The zero-order valence-electron chi connectivity index (χ0n) is 9.71. The van der Waals surface area contributed by atoms with Gasteiger partial charge in [-0.05, 0) is 30.7 Å². The van der Waals surface area contributed by atoms with Crippen LogP contribution in [-0.4, -0.2) is 0 Å². The van der Waals surface area contributed by atoms with Gasteiger partial charge in [0, 0.05) is 0 Å². The third-order valence-electron chi connectivity index (χ3n) is 2.73. The molecule has 96 valence electrons. The highest BCUT2D eigenvalue weighted by Crippen LogP contribution is 2.29. The summed E-state index contributed by atoms with van der Waals surface area (Å²) < 4.78 is 44.8. The molecule has 0 bridgehead atoms. The van der Waals surface area contributed by atoms with Crippen molar-refractivity contribution in [3.05, 3.63) is 47.5 Å². The third kappa shape index (κ3) is 2.13. The van der Waals surface area contributed by atoms with Crippen LogP contribution in [0.3, 0.4) is 0 Å². The number of nitrogens with two attached hydrogens (primary N) is 1. The second-order valence-electron chi connectivity index (χ2n) is 3.94. The first kappa shape index (κ1) is 12.7. The van der Waals surface area contributed by atoms with Crippen LogP contribution < -0.4 is 5.73 Å². The van der Waals surface area contributed by atoms with Gasteiger partial charge >= 0.3 is 0 Å². The molecule has 0 saturated heterocycles. The summed E-state index contributed by atoms with van der Waals surface area (Å²) in [4.78, 5) is 0. The molecule has 0 saturated carbocycles. The average Bonchev–Trinajstić information content (AvgIpc) is 2.84. The Bertz CT molecular complexity index is 565. The number of halogens is 3. The van der Waals surface area contributed by atoms with Gasteiger partial charge in [0.2, 0.25) is 0 Å². The summed E-state index contributed by atoms with van der Waals surface area (Å²) >= 11 is 0. The summed E-state index contributed by atoms with van der Waals surface area (Å²) in [6.45, 7) is 1.88. The summed E-state index contributed by atoms with van der Waals surface area (Å²) in [5.41, 5.74) is 5.63. The van der Waals surface area contributed by atoms with Crippen molar-refractivity contribution in [2.75, 3.05) is 0 Å². The minimum atomic E-state index is -1.51. The molecule has 5 heteroatoms. The molecule has 1 aromatic heterocycles. The Morgan fingerprint density at radius 2 is 1.83 bits per heavy atom. The van der Waals surface area contributed by atoms with Crippen LogP contribution in [0.1, 0.15) is 25.1 Å². The smallest absolute Gasteiger partial charge is 0.195 e. The molecule has 1 aromatic carbocycles. The normalized spacial score (nSPS) is 12.7. The molecule has 2 nitrogen and oxygen atoms in total. The lowest BCUT2D eigenvalue weighted by Crippen LogP contribution is -2.06. The second kappa shape index (κ2) is 4.86. The Balaban J connectivity index is 2.43. The SMILES string of the molecule is CCC(N)c1ccc(-c2ccc(F)c(F)c2F)o1. The van der Waals surface area contributed by atoms with Gasteiger partial charge in [-0.25, -0.2) is 13.2 Å². The van der Waals surface area contributed by atoms with Gasteiger partial charge in [-0.15, -0.1) is 0 Å². The number of hydrogen-bond donors (Lipinski definition) is 1. The summed E-state index contributed by atoms with van der Waals surface area (Å²) in [6, 6.07) is 4.78. The fourth-order valence-corrected chi connectivity index (χ4v) is 1.61. The summed E-state index contributed by atoms with van der Waals surface area (Å²) in [7, 11) is 0. The summed E-state index contributed by atoms with van der Waals surface area (Å²) in [6.07, 6.45) is 0.660. The molecule has 18 heavy (non-hydrogen) atoms. The molecule has 0 aliphatic rings. The Labute approximate surface area is 102 Å². The van der Waals surface area contributed by atoms with E-state index in [4.69, 9.17) is 10.2 Å². The van der Waals surface area contributed by atoms with Crippen molar-refractivity contribution < 1.29 is 17.6 Å². The maximum atomic E-state index is 13.5. The average molecular weight is 255 g/mol. The Hall–Kier alpha value is -1.75. The number of furan rings is 1. The predicted octanol–water partition coefficient (Wildman–Crippen LogP) is 3.77. The minimum Gasteiger partial charge on any atom is -0.459 e. The van der Waals surface area contributed by atoms with Crippen LogP contribution in [-0.2, 0) is 0 Å². The molecule has 1 atom stereocenters. The fourth-order valence-electron chi connectivity index (χ4n) is 1.61. The van der Waals surface area contributed by atoms with Crippen molar-refractivity contribution in [1.82, 2.24) is 0 Å². The van der Waals surface area contributed by atoms with Crippen LogP contribution in [0.25, 0.3) is 11.3 Å². The molecule has 1 unspecified atom stereocenters. The molecule has 0 aliphatic heterocycles. The highest BCUT2D eigenvalue weighted by atomic mass is 19.2. The van der Waals surface area contributed by atoms with Crippen molar-refractivity contribution in [2.45, 2.75) is 19.4 Å². The molecule has 0 radical (unpaired) electrons. The highest BCUT2D eigenvalue weighted by molar-refractivity contribution is 5.58. The van der Waals surface area contributed by atoms with Gasteiger partial charge in [0.15, 0.2) is 17.5 Å². The monoisotopic (exact) mass is 255 g/mol. The predicted molar refractivity (Wildman–Crippen MR) is 61.2 cm³/mol. The van der Waals surface area contributed by atoms with Gasteiger partial charge in [-0.1, -0.05) is 6.92 Å². The Morgan fingerprint density at radius 1 is 1.11 bits per heavy atom. The summed E-state index contributed by atoms with van der Waals surface area (Å²) in [5, 5.41) is 0. The molecule has 0 spiro atoms. The van der Waals surface area contributed by atoms with E-state index in [0.717, 1.165) is 12.1 Å². The van der Waals surface area contributed by atoms with Gasteiger partial charge in [-0.3, -0.25) is 0 Å². The van der Waals surface area contributed by atoms with Gasteiger partial charge in [0.05, 0.1) is 11.6 Å². The molecule has 0 aliphatic carbocycles. The lowest BCUT2D eigenvalue weighted by molar-refractivity contribution is 0.440. The van der Waals surface area contributed by atoms with Crippen LogP contribution in [0.5, 0.6) is 0 Å². The Morgan fingerprint density at radius 3 is 2.50 bits per heavy atom. The van der Waals surface area contributed by atoms with Crippen molar-refractivity contribution in [2.24, 2.45) is 5.73 Å². The topological polar surface area (TPSA) is 39.2 Å². The van der Waals surface area contributed by atoms with E-state index < -0.39 is 17.5 Å². The van der Waals surface area contributed by atoms with E-state index in [0.29, 0.717) is 12.2 Å². The largest absolute Gasteiger partial charge is 0.459 e. The third-order valence-corrected chi connectivity index (χ3v) is 2.73. The van der Waals surface area contributed by atoms with Crippen LogP contribution in [0, 0.1) is 17.5 Å². The Kier molecular flexibility index (Phi) is 3.43. The van der Waals surface area contributed by atoms with Gasteiger partial charge in [-0.2, -0.15) is 0 Å². The maximum Gasteiger partial charge on any atom is 0.195 e. The van der Waals surface area contributed by atoms with E-state index in [1.807, 2.05) is 6.92 Å². The second-order valence-corrected chi connectivity index (χ2v) is 3.94. The zero-order chi connectivity index (χ0) is 13.3. The fraction of sp³-hybridized carbons (Fsp3) is 0.231. The van der Waals surface area contributed by atoms with Gasteiger partial charge in [0.1, 0.15) is 11.5 Å². The van der Waals surface area contributed by atoms with Crippen LogP contribution in [0.4, 0.5) is 13.2 Å². The van der Waals surface area contributed by atoms with Gasteiger partial charge < -0.3 is 10.2 Å². The first-order valence-electron chi connectivity index (χ1n) is 5.53. The standard InChI is InChI=1S/C13H12F3NO/c1-2-9(17)11-6-5-10(18-11)7-3-4-8(14)13(16)12(7)15/h3-6,9H,2,17H2,1H3. The van der Waals surface area contributed by atoms with Crippen LogP contribution in [0.15, 0.2) is 28.7 Å². The quantitative estimate of drug-likeness (QED) is 0.848. The van der Waals surface area contributed by atoms with Crippen molar-refractivity contribution >= 4 is 0 Å². The van der Waals surface area contributed by atoms with Gasteiger partial charge in [0.25, 0.3) is 0 Å². The molecule has 2 aromatic rings. The molecule has 1 heterocycles. The van der Waals surface area contributed by atoms with Crippen LogP contribution >= 0.6 is 0 Å². The number of benzene rings is 1. The molecule has 2 N–H and O–H groups in total. The molecule has 0 amide bonds. The molecular formula is C13H12F3NO. The first-order chi connectivity index (χ1) is 8.54. The van der Waals surface area contributed by atoms with E-state index in [-0.39, 0.29) is 17.4 Å². The van der Waals surface area contributed by atoms with Crippen LogP contribution in [0.2, 0.25) is 0 Å². The highest BCUT2D eigenvalue weighted by Gasteiger charge is 2.18. The number of rotatable bonds is 3. The van der Waals surface area contributed by atoms with E-state index in [9.17, 15) is 13.2 Å². The summed E-state index contributed by atoms with van der Waals surface area (Å²) in [5.74, 6) is -3.39. The first-order valence-corrected chi connectivity index (χ1v) is 5.53. The molecular weight excluding hydrogens is 243 g/mol. The van der Waals surface area contributed by atoms with E-state index in [2.05, 4.69) is 0 Å². The van der Waals surface area contributed by atoms with Crippen molar-refractivity contribution in [3.8, 4) is 11.3 Å².